The van der Waals surface area contributed by atoms with Gasteiger partial charge in [-0.05, 0) is 57.2 Å². The zero-order valence-electron chi connectivity index (χ0n) is 21.1. The zero-order chi connectivity index (χ0) is 26.2. The molecule has 1 aromatic carbocycles. The highest BCUT2D eigenvalue weighted by atomic mass is 32.2. The largest absolute Gasteiger partial charge is 0.467 e. The Morgan fingerprint density at radius 2 is 1.89 bits per heavy atom. The lowest BCUT2D eigenvalue weighted by atomic mass is 10.2. The van der Waals surface area contributed by atoms with Crippen LogP contribution in [0.3, 0.4) is 0 Å². The summed E-state index contributed by atoms with van der Waals surface area (Å²) in [7, 11) is -3.62. The van der Waals surface area contributed by atoms with Crippen molar-refractivity contribution in [3.8, 4) is 0 Å². The molecule has 3 aromatic heterocycles. The van der Waals surface area contributed by atoms with E-state index in [0.717, 1.165) is 22.7 Å². The Balaban J connectivity index is 1.36. The molecule has 1 aliphatic heterocycles. The lowest BCUT2D eigenvalue weighted by Gasteiger charge is -2.26. The van der Waals surface area contributed by atoms with Gasteiger partial charge in [0.2, 0.25) is 10.0 Å². The van der Waals surface area contributed by atoms with Crippen molar-refractivity contribution in [1.29, 1.82) is 0 Å². The number of fused-ring (bicyclic) bond motifs is 1. The Hall–Kier alpha value is -2.86. The molecule has 0 saturated carbocycles. The number of sulfonamides is 1. The summed E-state index contributed by atoms with van der Waals surface area (Å²) in [6, 6.07) is 10.8. The molecular formula is C26H30N4O5S2. The van der Waals surface area contributed by atoms with E-state index in [0.29, 0.717) is 55.6 Å². The van der Waals surface area contributed by atoms with E-state index in [2.05, 4.69) is 4.57 Å². The van der Waals surface area contributed by atoms with Crippen molar-refractivity contribution in [3.05, 3.63) is 65.4 Å². The number of hydrogen-bond acceptors (Lipinski definition) is 7. The minimum Gasteiger partial charge on any atom is -0.467 e. The molecule has 1 saturated heterocycles. The monoisotopic (exact) mass is 542 g/mol. The van der Waals surface area contributed by atoms with Crippen LogP contribution < -0.4 is 0 Å². The quantitative estimate of drug-likeness (QED) is 0.232. The van der Waals surface area contributed by atoms with Gasteiger partial charge >= 0.3 is 0 Å². The highest BCUT2D eigenvalue weighted by Crippen LogP contribution is 2.29. The van der Waals surface area contributed by atoms with Crippen molar-refractivity contribution in [2.24, 2.45) is 0 Å². The van der Waals surface area contributed by atoms with E-state index in [4.69, 9.17) is 14.1 Å². The molecule has 1 fully saturated rings. The van der Waals surface area contributed by atoms with Crippen molar-refractivity contribution < 1.29 is 22.4 Å². The third-order valence-electron chi connectivity index (χ3n) is 6.71. The van der Waals surface area contributed by atoms with Crippen LogP contribution in [0.5, 0.6) is 0 Å². The van der Waals surface area contributed by atoms with Gasteiger partial charge in [-0.2, -0.15) is 4.31 Å². The lowest BCUT2D eigenvalue weighted by molar-refractivity contribution is 0.0730. The van der Waals surface area contributed by atoms with E-state index in [-0.39, 0.29) is 16.4 Å². The van der Waals surface area contributed by atoms with Crippen LogP contribution in [0.15, 0.2) is 57.1 Å². The molecule has 0 N–H and O–H groups in total. The van der Waals surface area contributed by atoms with Crippen LogP contribution >= 0.6 is 11.8 Å². The van der Waals surface area contributed by atoms with Gasteiger partial charge in [-0.1, -0.05) is 11.8 Å². The third kappa shape index (κ3) is 5.00. The number of aromatic nitrogens is 3. The van der Waals surface area contributed by atoms with Gasteiger partial charge in [0.15, 0.2) is 10.9 Å². The Kier molecular flexibility index (Phi) is 7.30. The SMILES string of the molecule is CCn1c(SCC(=O)c2cc(C)n(Cc3ccco3)c2C)nc2cc(S(=O)(=O)N3CCOCC3)ccc21. The number of benzene rings is 1. The van der Waals surface area contributed by atoms with Crippen LogP contribution in [-0.2, 0) is 27.8 Å². The number of morpholine rings is 1. The van der Waals surface area contributed by atoms with E-state index in [1.54, 1.807) is 24.5 Å². The summed E-state index contributed by atoms with van der Waals surface area (Å²) in [6.07, 6.45) is 1.65. The number of furan rings is 1. The van der Waals surface area contributed by atoms with Crippen LogP contribution in [0, 0.1) is 13.8 Å². The molecule has 196 valence electrons. The molecule has 0 unspecified atom stereocenters. The van der Waals surface area contributed by atoms with Crippen LogP contribution in [0.4, 0.5) is 0 Å². The van der Waals surface area contributed by atoms with Gasteiger partial charge in [0.25, 0.3) is 0 Å². The molecule has 0 spiro atoms. The first-order valence-electron chi connectivity index (χ1n) is 12.2. The number of carbonyl (C=O) groups is 1. The summed E-state index contributed by atoms with van der Waals surface area (Å²) in [6.45, 7) is 8.65. The molecule has 37 heavy (non-hydrogen) atoms. The average molecular weight is 543 g/mol. The van der Waals surface area contributed by atoms with Crippen LogP contribution in [0.25, 0.3) is 11.0 Å². The first kappa shape index (κ1) is 25.8. The molecule has 11 heteroatoms. The molecule has 4 aromatic rings. The summed E-state index contributed by atoms with van der Waals surface area (Å²) < 4.78 is 42.5. The third-order valence-corrected chi connectivity index (χ3v) is 9.58. The van der Waals surface area contributed by atoms with Crippen molar-refractivity contribution in [2.75, 3.05) is 32.1 Å². The Morgan fingerprint density at radius 1 is 1.11 bits per heavy atom. The number of aryl methyl sites for hydroxylation is 2. The van der Waals surface area contributed by atoms with Gasteiger partial charge < -0.3 is 18.3 Å². The maximum atomic E-state index is 13.2. The highest BCUT2D eigenvalue weighted by molar-refractivity contribution is 7.99. The number of ether oxygens (including phenoxy) is 1. The molecule has 0 bridgehead atoms. The predicted octanol–water partition coefficient (Wildman–Crippen LogP) is 4.11. The van der Waals surface area contributed by atoms with Gasteiger partial charge in [0, 0.05) is 36.6 Å². The number of hydrogen-bond donors (Lipinski definition) is 0. The highest BCUT2D eigenvalue weighted by Gasteiger charge is 2.27. The van der Waals surface area contributed by atoms with Gasteiger partial charge in [-0.25, -0.2) is 13.4 Å². The number of ketones is 1. The maximum Gasteiger partial charge on any atom is 0.243 e. The molecule has 1 aliphatic rings. The minimum atomic E-state index is -3.62. The Labute approximate surface area is 220 Å². The van der Waals surface area contributed by atoms with Gasteiger partial charge in [0.05, 0.1) is 47.7 Å². The van der Waals surface area contributed by atoms with Gasteiger partial charge in [-0.15, -0.1) is 0 Å². The number of Topliss-reactive ketones (excluding diaryl/α,β-unsaturated/α-hetero) is 1. The van der Waals surface area contributed by atoms with Crippen LogP contribution in [0.2, 0.25) is 0 Å². The Bertz CT molecular complexity index is 1530. The minimum absolute atomic E-state index is 0.0223. The van der Waals surface area contributed by atoms with Gasteiger partial charge in [0.1, 0.15) is 5.76 Å². The molecule has 0 amide bonds. The number of nitrogens with zero attached hydrogens (tertiary/aromatic N) is 4. The second-order valence-corrected chi connectivity index (χ2v) is 11.8. The zero-order valence-corrected chi connectivity index (χ0v) is 22.8. The van der Waals surface area contributed by atoms with Crippen molar-refractivity contribution in [2.45, 2.75) is 43.9 Å². The van der Waals surface area contributed by atoms with E-state index < -0.39 is 10.0 Å². The topological polar surface area (TPSA) is 99.6 Å². The summed E-state index contributed by atoms with van der Waals surface area (Å²) in [5.74, 6) is 1.09. The number of carbonyl (C=O) groups excluding carboxylic acids is 1. The number of rotatable bonds is 9. The standard InChI is InChI=1S/C26H30N4O5S2/c1-4-29-24-8-7-21(37(32,33)28-9-12-34-13-10-28)15-23(24)27-26(29)36-17-25(31)22-14-18(2)30(19(22)3)16-20-6-5-11-35-20/h5-8,11,14-15H,4,9-10,12-13,16-17H2,1-3H3. The molecule has 0 radical (unpaired) electrons. The molecule has 0 atom stereocenters. The maximum absolute atomic E-state index is 13.2. The summed E-state index contributed by atoms with van der Waals surface area (Å²) in [4.78, 5) is 18.1. The normalized spacial score (nSPS) is 15.0. The lowest BCUT2D eigenvalue weighted by Crippen LogP contribution is -2.40. The van der Waals surface area contributed by atoms with Gasteiger partial charge in [-0.3, -0.25) is 4.79 Å². The van der Waals surface area contributed by atoms with Crippen molar-refractivity contribution >= 4 is 38.6 Å². The fourth-order valence-electron chi connectivity index (χ4n) is 4.69. The second kappa shape index (κ2) is 10.5. The molecule has 5 rings (SSSR count). The van der Waals surface area contributed by atoms with Crippen molar-refractivity contribution in [1.82, 2.24) is 18.4 Å². The van der Waals surface area contributed by atoms with Crippen molar-refractivity contribution in [3.63, 3.8) is 0 Å². The summed E-state index contributed by atoms with van der Waals surface area (Å²) in [5, 5.41) is 0.691. The second-order valence-electron chi connectivity index (χ2n) is 8.97. The first-order chi connectivity index (χ1) is 17.8. The average Bonchev–Trinajstić information content (AvgIpc) is 3.61. The molecular weight excluding hydrogens is 512 g/mol. The number of imidazole rings is 1. The molecule has 0 aliphatic carbocycles. The Morgan fingerprint density at radius 3 is 2.59 bits per heavy atom. The van der Waals surface area contributed by atoms with Crippen LogP contribution in [-0.4, -0.2) is 64.7 Å². The van der Waals surface area contributed by atoms with Crippen LogP contribution in [0.1, 0.15) is 34.4 Å². The fourth-order valence-corrected chi connectivity index (χ4v) is 7.08. The fraction of sp³-hybridized carbons (Fsp3) is 0.385. The molecule has 4 heterocycles. The van der Waals surface area contributed by atoms with E-state index in [1.807, 2.05) is 43.5 Å². The smallest absolute Gasteiger partial charge is 0.243 e. The number of thioether (sulfide) groups is 1. The van der Waals surface area contributed by atoms with E-state index >= 15 is 0 Å². The predicted molar refractivity (Wildman–Crippen MR) is 142 cm³/mol. The molecule has 9 nitrogen and oxygen atoms in total. The summed E-state index contributed by atoms with van der Waals surface area (Å²) in [5.41, 5.74) is 4.03. The first-order valence-corrected chi connectivity index (χ1v) is 14.7. The summed E-state index contributed by atoms with van der Waals surface area (Å²) >= 11 is 1.37. The van der Waals surface area contributed by atoms with E-state index in [1.165, 1.54) is 16.1 Å². The van der Waals surface area contributed by atoms with E-state index in [9.17, 15) is 13.2 Å².